The molecule has 6 nitrogen and oxygen atoms in total. The van der Waals surface area contributed by atoms with E-state index in [-0.39, 0.29) is 5.88 Å². The number of ether oxygens (including phenoxy) is 2. The van der Waals surface area contributed by atoms with E-state index in [1.807, 2.05) is 6.07 Å². The quantitative estimate of drug-likeness (QED) is 0.874. The van der Waals surface area contributed by atoms with Gasteiger partial charge in [0.2, 0.25) is 5.88 Å². The van der Waals surface area contributed by atoms with Gasteiger partial charge in [0.1, 0.15) is 0 Å². The van der Waals surface area contributed by atoms with E-state index >= 15 is 0 Å². The number of hydrogen-bond donors (Lipinski definition) is 1. The SMILES string of the molecule is O=C(O)Oc1cnc2c(OCC3CCCCC3)cccn12. The molecule has 2 aromatic rings. The maximum atomic E-state index is 10.6. The molecule has 1 N–H and O–H groups in total. The van der Waals surface area contributed by atoms with Crippen LogP contribution in [0.1, 0.15) is 32.1 Å². The van der Waals surface area contributed by atoms with Crippen LogP contribution < -0.4 is 9.47 Å². The third-order valence-electron chi connectivity index (χ3n) is 3.86. The lowest BCUT2D eigenvalue weighted by molar-refractivity contribution is 0.142. The smallest absolute Gasteiger partial charge is 0.489 e. The molecular formula is C15H18N2O4. The van der Waals surface area contributed by atoms with Crippen LogP contribution in [-0.2, 0) is 0 Å². The summed E-state index contributed by atoms with van der Waals surface area (Å²) in [5.74, 6) is 1.42. The largest absolute Gasteiger partial charge is 0.512 e. The van der Waals surface area contributed by atoms with Crippen molar-refractivity contribution in [1.82, 2.24) is 9.38 Å². The van der Waals surface area contributed by atoms with Crippen molar-refractivity contribution in [2.75, 3.05) is 6.61 Å². The predicted molar refractivity (Wildman–Crippen MR) is 75.9 cm³/mol. The fourth-order valence-corrected chi connectivity index (χ4v) is 2.80. The highest BCUT2D eigenvalue weighted by Crippen LogP contribution is 2.27. The highest BCUT2D eigenvalue weighted by atomic mass is 16.7. The summed E-state index contributed by atoms with van der Waals surface area (Å²) in [6.45, 7) is 0.682. The molecule has 0 atom stereocenters. The zero-order valence-corrected chi connectivity index (χ0v) is 11.7. The minimum atomic E-state index is -1.36. The zero-order valence-electron chi connectivity index (χ0n) is 11.7. The Morgan fingerprint density at radius 2 is 2.19 bits per heavy atom. The average Bonchev–Trinajstić information content (AvgIpc) is 2.89. The van der Waals surface area contributed by atoms with Gasteiger partial charge in [-0.2, -0.15) is 0 Å². The Kier molecular flexibility index (Phi) is 3.94. The van der Waals surface area contributed by atoms with Crippen molar-refractivity contribution in [2.45, 2.75) is 32.1 Å². The molecule has 1 saturated carbocycles. The van der Waals surface area contributed by atoms with E-state index in [1.54, 1.807) is 16.7 Å². The van der Waals surface area contributed by atoms with E-state index in [0.717, 1.165) is 0 Å². The van der Waals surface area contributed by atoms with Gasteiger partial charge in [-0.05, 0) is 30.9 Å². The van der Waals surface area contributed by atoms with Gasteiger partial charge in [-0.3, -0.25) is 4.40 Å². The molecular weight excluding hydrogens is 272 g/mol. The Morgan fingerprint density at radius 3 is 2.95 bits per heavy atom. The van der Waals surface area contributed by atoms with Gasteiger partial charge in [0, 0.05) is 6.20 Å². The summed E-state index contributed by atoms with van der Waals surface area (Å²) in [6, 6.07) is 3.63. The standard InChI is InChI=1S/C15H18N2O4/c18-15(19)21-13-9-16-14-12(7-4-8-17(13)14)20-10-11-5-2-1-3-6-11/h4,7-9,11H,1-3,5-6,10H2,(H,18,19). The minimum absolute atomic E-state index is 0.167. The Balaban J connectivity index is 1.75. The molecule has 0 amide bonds. The van der Waals surface area contributed by atoms with Crippen LogP contribution >= 0.6 is 0 Å². The highest BCUT2D eigenvalue weighted by Gasteiger charge is 2.16. The van der Waals surface area contributed by atoms with Crippen LogP contribution in [0.3, 0.4) is 0 Å². The zero-order chi connectivity index (χ0) is 14.7. The summed E-state index contributed by atoms with van der Waals surface area (Å²) in [4.78, 5) is 14.8. The molecule has 3 rings (SSSR count). The van der Waals surface area contributed by atoms with E-state index < -0.39 is 6.16 Å². The van der Waals surface area contributed by atoms with E-state index in [2.05, 4.69) is 9.72 Å². The first-order chi connectivity index (χ1) is 10.2. The van der Waals surface area contributed by atoms with Crippen molar-refractivity contribution >= 4 is 11.8 Å². The first-order valence-electron chi connectivity index (χ1n) is 7.23. The van der Waals surface area contributed by atoms with Gasteiger partial charge in [-0.15, -0.1) is 0 Å². The van der Waals surface area contributed by atoms with Gasteiger partial charge in [-0.25, -0.2) is 9.78 Å². The summed E-state index contributed by atoms with van der Waals surface area (Å²) in [5, 5.41) is 8.69. The van der Waals surface area contributed by atoms with Gasteiger partial charge in [0.05, 0.1) is 12.8 Å². The molecule has 6 heteroatoms. The van der Waals surface area contributed by atoms with Crippen LogP contribution in [0.15, 0.2) is 24.5 Å². The molecule has 0 aliphatic heterocycles. The van der Waals surface area contributed by atoms with E-state index in [9.17, 15) is 4.79 Å². The van der Waals surface area contributed by atoms with Crippen LogP contribution in [0.4, 0.5) is 4.79 Å². The molecule has 0 radical (unpaired) electrons. The summed E-state index contributed by atoms with van der Waals surface area (Å²) < 4.78 is 12.1. The second kappa shape index (κ2) is 6.03. The number of pyridine rings is 1. The Labute approximate surface area is 122 Å². The Morgan fingerprint density at radius 1 is 1.38 bits per heavy atom. The second-order valence-electron chi connectivity index (χ2n) is 5.35. The molecule has 0 spiro atoms. The number of imidazole rings is 1. The van der Waals surface area contributed by atoms with Gasteiger partial charge < -0.3 is 14.6 Å². The van der Waals surface area contributed by atoms with Gasteiger partial charge >= 0.3 is 6.16 Å². The van der Waals surface area contributed by atoms with Crippen LogP contribution in [0.2, 0.25) is 0 Å². The molecule has 2 heterocycles. The first kappa shape index (κ1) is 13.7. The molecule has 1 fully saturated rings. The lowest BCUT2D eigenvalue weighted by Gasteiger charge is -2.21. The van der Waals surface area contributed by atoms with Gasteiger partial charge in [-0.1, -0.05) is 19.3 Å². The maximum absolute atomic E-state index is 10.6. The number of carbonyl (C=O) groups is 1. The molecule has 0 aromatic carbocycles. The number of nitrogens with zero attached hydrogens (tertiary/aromatic N) is 2. The Bertz CT molecular complexity index is 632. The van der Waals surface area contributed by atoms with Crippen LogP contribution in [-0.4, -0.2) is 27.3 Å². The maximum Gasteiger partial charge on any atom is 0.512 e. The summed E-state index contributed by atoms with van der Waals surface area (Å²) in [7, 11) is 0. The predicted octanol–water partition coefficient (Wildman–Crippen LogP) is 3.35. The van der Waals surface area contributed by atoms with Crippen molar-refractivity contribution in [3.63, 3.8) is 0 Å². The third-order valence-corrected chi connectivity index (χ3v) is 3.86. The number of rotatable bonds is 4. The number of hydrogen-bond acceptors (Lipinski definition) is 4. The Hall–Kier alpha value is -2.24. The van der Waals surface area contributed by atoms with Crippen LogP contribution in [0.25, 0.3) is 5.65 Å². The topological polar surface area (TPSA) is 73.1 Å². The van der Waals surface area contributed by atoms with Gasteiger partial charge in [0.15, 0.2) is 11.4 Å². The molecule has 0 unspecified atom stereocenters. The van der Waals surface area contributed by atoms with E-state index in [4.69, 9.17) is 9.84 Å². The fraction of sp³-hybridized carbons (Fsp3) is 0.467. The van der Waals surface area contributed by atoms with Crippen molar-refractivity contribution in [3.8, 4) is 11.6 Å². The second-order valence-corrected chi connectivity index (χ2v) is 5.35. The molecule has 112 valence electrons. The van der Waals surface area contributed by atoms with E-state index in [0.29, 0.717) is 23.9 Å². The normalized spacial score (nSPS) is 16.0. The van der Waals surface area contributed by atoms with E-state index in [1.165, 1.54) is 38.3 Å². The van der Waals surface area contributed by atoms with Crippen LogP contribution in [0.5, 0.6) is 11.6 Å². The van der Waals surface area contributed by atoms with Crippen LogP contribution in [0, 0.1) is 5.92 Å². The van der Waals surface area contributed by atoms with Crippen molar-refractivity contribution in [3.05, 3.63) is 24.5 Å². The lowest BCUT2D eigenvalue weighted by Crippen LogP contribution is -2.15. The molecule has 1 aliphatic carbocycles. The molecule has 2 aromatic heterocycles. The molecule has 21 heavy (non-hydrogen) atoms. The lowest BCUT2D eigenvalue weighted by atomic mass is 9.90. The van der Waals surface area contributed by atoms with Crippen molar-refractivity contribution in [1.29, 1.82) is 0 Å². The number of fused-ring (bicyclic) bond motifs is 1. The molecule has 0 saturated heterocycles. The van der Waals surface area contributed by atoms with Gasteiger partial charge in [0.25, 0.3) is 0 Å². The highest BCUT2D eigenvalue weighted by molar-refractivity contribution is 5.62. The number of aromatic nitrogens is 2. The summed E-state index contributed by atoms with van der Waals surface area (Å²) in [5.41, 5.74) is 0.574. The molecule has 1 aliphatic rings. The molecule has 0 bridgehead atoms. The average molecular weight is 290 g/mol. The van der Waals surface area contributed by atoms with Crippen molar-refractivity contribution < 1.29 is 19.4 Å². The summed E-state index contributed by atoms with van der Waals surface area (Å²) in [6.07, 6.45) is 8.03. The fourth-order valence-electron chi connectivity index (χ4n) is 2.80. The summed E-state index contributed by atoms with van der Waals surface area (Å²) >= 11 is 0. The number of carboxylic acid groups (broad SMARTS) is 1. The van der Waals surface area contributed by atoms with Crippen molar-refractivity contribution in [2.24, 2.45) is 5.92 Å². The monoisotopic (exact) mass is 290 g/mol. The third kappa shape index (κ3) is 3.09. The first-order valence-corrected chi connectivity index (χ1v) is 7.23. The minimum Gasteiger partial charge on any atom is -0.489 e.